The molecule has 0 aromatic carbocycles. The van der Waals surface area contributed by atoms with Gasteiger partial charge >= 0.3 is 0 Å². The molecule has 1 aromatic rings. The molecular weight excluding hydrogens is 308 g/mol. The predicted molar refractivity (Wildman–Crippen MR) is 80.8 cm³/mol. The van der Waals surface area contributed by atoms with Gasteiger partial charge in [0.2, 0.25) is 0 Å². The number of nitrogens with two attached hydrogens (primary N) is 1. The van der Waals surface area contributed by atoms with E-state index in [4.69, 9.17) is 5.73 Å². The summed E-state index contributed by atoms with van der Waals surface area (Å²) in [5.74, 6) is 1.84. The third kappa shape index (κ3) is 2.53. The fourth-order valence-electron chi connectivity index (χ4n) is 3.69. The average molecular weight is 329 g/mol. The van der Waals surface area contributed by atoms with E-state index >= 15 is 0 Å². The summed E-state index contributed by atoms with van der Waals surface area (Å²) in [6.45, 7) is 3.24. The number of rotatable bonds is 3. The summed E-state index contributed by atoms with van der Waals surface area (Å²) in [4.78, 5) is 4.06. The molecule has 2 bridgehead atoms. The standard InChI is InChI=1S/C14H21BrN2S/c15-12-4-5-18-14(12)13(7-16)17-8-10-2-1-3-11(6-10)9-17/h4-5,10-11,13H,1-3,6-9,16H2. The van der Waals surface area contributed by atoms with Crippen molar-refractivity contribution in [1.82, 2.24) is 4.90 Å². The summed E-state index contributed by atoms with van der Waals surface area (Å²) in [5, 5.41) is 2.16. The summed E-state index contributed by atoms with van der Waals surface area (Å²) in [6, 6.07) is 2.57. The molecule has 18 heavy (non-hydrogen) atoms. The van der Waals surface area contributed by atoms with E-state index in [1.54, 1.807) is 0 Å². The van der Waals surface area contributed by atoms with E-state index in [9.17, 15) is 0 Å². The number of hydrogen-bond acceptors (Lipinski definition) is 3. The Balaban J connectivity index is 1.78. The van der Waals surface area contributed by atoms with Gasteiger partial charge in [-0.1, -0.05) is 6.42 Å². The van der Waals surface area contributed by atoms with Crippen LogP contribution in [0.25, 0.3) is 0 Å². The summed E-state index contributed by atoms with van der Waals surface area (Å²) >= 11 is 5.50. The third-order valence-electron chi connectivity index (χ3n) is 4.49. The Bertz CT molecular complexity index is 394. The van der Waals surface area contributed by atoms with Crippen LogP contribution in [0.2, 0.25) is 0 Å². The van der Waals surface area contributed by atoms with Gasteiger partial charge in [-0.15, -0.1) is 11.3 Å². The van der Waals surface area contributed by atoms with Gasteiger partial charge in [0.15, 0.2) is 0 Å². The minimum atomic E-state index is 0.419. The molecular formula is C14H21BrN2S. The van der Waals surface area contributed by atoms with E-state index in [0.29, 0.717) is 6.04 Å². The van der Waals surface area contributed by atoms with E-state index in [1.165, 1.54) is 48.1 Å². The Morgan fingerprint density at radius 2 is 2.11 bits per heavy atom. The van der Waals surface area contributed by atoms with Crippen molar-refractivity contribution in [3.63, 3.8) is 0 Å². The maximum absolute atomic E-state index is 6.06. The highest BCUT2D eigenvalue weighted by molar-refractivity contribution is 9.10. The molecule has 2 nitrogen and oxygen atoms in total. The summed E-state index contributed by atoms with van der Waals surface area (Å²) in [6.07, 6.45) is 5.75. The Hall–Kier alpha value is 0.1000. The largest absolute Gasteiger partial charge is 0.329 e. The summed E-state index contributed by atoms with van der Waals surface area (Å²) in [5.41, 5.74) is 6.06. The molecule has 0 radical (unpaired) electrons. The van der Waals surface area contributed by atoms with E-state index < -0.39 is 0 Å². The molecule has 100 valence electrons. The van der Waals surface area contributed by atoms with Crippen LogP contribution in [0.1, 0.15) is 36.6 Å². The Labute approximate surface area is 122 Å². The van der Waals surface area contributed by atoms with Gasteiger partial charge in [0.25, 0.3) is 0 Å². The van der Waals surface area contributed by atoms with Crippen molar-refractivity contribution in [2.75, 3.05) is 19.6 Å². The van der Waals surface area contributed by atoms with Gasteiger partial charge in [-0.3, -0.25) is 4.90 Å². The van der Waals surface area contributed by atoms with Crippen LogP contribution in [0.15, 0.2) is 15.9 Å². The second kappa shape index (κ2) is 5.61. The molecule has 1 saturated heterocycles. The number of thiophene rings is 1. The lowest BCUT2D eigenvalue weighted by Gasteiger charge is -2.44. The van der Waals surface area contributed by atoms with Crippen LogP contribution >= 0.6 is 27.3 Å². The van der Waals surface area contributed by atoms with Crippen molar-refractivity contribution in [3.05, 3.63) is 20.8 Å². The molecule has 1 saturated carbocycles. The highest BCUT2D eigenvalue weighted by Gasteiger charge is 2.34. The molecule has 0 spiro atoms. The predicted octanol–water partition coefficient (Wildman–Crippen LogP) is 3.63. The van der Waals surface area contributed by atoms with Crippen LogP contribution in [0, 0.1) is 11.8 Å². The van der Waals surface area contributed by atoms with Crippen molar-refractivity contribution in [2.45, 2.75) is 31.7 Å². The van der Waals surface area contributed by atoms with Crippen LogP contribution in [-0.4, -0.2) is 24.5 Å². The van der Waals surface area contributed by atoms with Crippen LogP contribution in [-0.2, 0) is 0 Å². The highest BCUT2D eigenvalue weighted by atomic mass is 79.9. The van der Waals surface area contributed by atoms with E-state index in [1.807, 2.05) is 11.3 Å². The van der Waals surface area contributed by atoms with Crippen molar-refractivity contribution >= 4 is 27.3 Å². The minimum Gasteiger partial charge on any atom is -0.329 e. The van der Waals surface area contributed by atoms with E-state index in [2.05, 4.69) is 32.3 Å². The molecule has 2 N–H and O–H groups in total. The fraction of sp³-hybridized carbons (Fsp3) is 0.714. The first-order valence-electron chi connectivity index (χ1n) is 6.95. The second-order valence-electron chi connectivity index (χ2n) is 5.74. The zero-order valence-electron chi connectivity index (χ0n) is 10.6. The van der Waals surface area contributed by atoms with Crippen molar-refractivity contribution in [2.24, 2.45) is 17.6 Å². The molecule has 3 atom stereocenters. The van der Waals surface area contributed by atoms with Gasteiger partial charge in [0, 0.05) is 29.0 Å². The van der Waals surface area contributed by atoms with Crippen molar-refractivity contribution in [3.8, 4) is 0 Å². The second-order valence-corrected chi connectivity index (χ2v) is 7.54. The number of halogens is 1. The lowest BCUT2D eigenvalue weighted by Crippen LogP contribution is -2.46. The Morgan fingerprint density at radius 1 is 1.39 bits per heavy atom. The zero-order valence-corrected chi connectivity index (χ0v) is 13.0. The average Bonchev–Trinajstić information content (AvgIpc) is 2.77. The first-order valence-corrected chi connectivity index (χ1v) is 8.62. The third-order valence-corrected chi connectivity index (χ3v) is 6.46. The molecule has 1 aliphatic carbocycles. The minimum absolute atomic E-state index is 0.419. The smallest absolute Gasteiger partial charge is 0.0575 e. The molecule has 2 heterocycles. The van der Waals surface area contributed by atoms with Crippen LogP contribution in [0.4, 0.5) is 0 Å². The molecule has 2 fully saturated rings. The number of hydrogen-bond donors (Lipinski definition) is 1. The number of nitrogens with zero attached hydrogens (tertiary/aromatic N) is 1. The molecule has 1 aromatic heterocycles. The maximum Gasteiger partial charge on any atom is 0.0575 e. The fourth-order valence-corrected chi connectivity index (χ4v) is 5.48. The number of piperidine rings is 1. The summed E-state index contributed by atoms with van der Waals surface area (Å²) in [7, 11) is 0. The van der Waals surface area contributed by atoms with Crippen molar-refractivity contribution < 1.29 is 0 Å². The van der Waals surface area contributed by atoms with Gasteiger partial charge in [-0.25, -0.2) is 0 Å². The SMILES string of the molecule is NCC(c1sccc1Br)N1CC2CCCC(C2)C1. The Kier molecular flexibility index (Phi) is 4.09. The molecule has 3 rings (SSSR count). The summed E-state index contributed by atoms with van der Waals surface area (Å²) < 4.78 is 1.23. The first kappa shape index (κ1) is 13.1. The van der Waals surface area contributed by atoms with Gasteiger partial charge in [0.1, 0.15) is 0 Å². The quantitative estimate of drug-likeness (QED) is 0.917. The van der Waals surface area contributed by atoms with Crippen LogP contribution in [0.3, 0.4) is 0 Å². The van der Waals surface area contributed by atoms with Crippen LogP contribution in [0.5, 0.6) is 0 Å². The van der Waals surface area contributed by atoms with E-state index in [-0.39, 0.29) is 0 Å². The van der Waals surface area contributed by atoms with Crippen molar-refractivity contribution in [1.29, 1.82) is 0 Å². The lowest BCUT2D eigenvalue weighted by molar-refractivity contribution is 0.0560. The zero-order chi connectivity index (χ0) is 12.5. The maximum atomic E-state index is 6.06. The van der Waals surface area contributed by atoms with Gasteiger partial charge in [-0.05, 0) is 58.5 Å². The highest BCUT2D eigenvalue weighted by Crippen LogP contribution is 2.39. The molecule has 1 aliphatic heterocycles. The van der Waals surface area contributed by atoms with Gasteiger partial charge in [-0.2, -0.15) is 0 Å². The first-order chi connectivity index (χ1) is 8.78. The topological polar surface area (TPSA) is 29.3 Å². The van der Waals surface area contributed by atoms with Gasteiger partial charge in [0.05, 0.1) is 6.04 Å². The Morgan fingerprint density at radius 3 is 2.67 bits per heavy atom. The molecule has 4 heteroatoms. The van der Waals surface area contributed by atoms with Crippen LogP contribution < -0.4 is 5.73 Å². The molecule has 0 amide bonds. The number of fused-ring (bicyclic) bond motifs is 2. The van der Waals surface area contributed by atoms with E-state index in [0.717, 1.165) is 18.4 Å². The number of likely N-dealkylation sites (tertiary alicyclic amines) is 1. The van der Waals surface area contributed by atoms with Gasteiger partial charge < -0.3 is 5.73 Å². The molecule has 2 aliphatic rings. The monoisotopic (exact) mass is 328 g/mol. The lowest BCUT2D eigenvalue weighted by atomic mass is 9.77. The molecule has 3 unspecified atom stereocenters. The normalized spacial score (nSPS) is 30.3.